The number of pyridine rings is 1. The molecule has 31 heavy (non-hydrogen) atoms. The number of hydrogen-bond donors (Lipinski definition) is 0. The number of ether oxygens (including phenoxy) is 2. The number of piperidine rings is 1. The van der Waals surface area contributed by atoms with Gasteiger partial charge in [-0.25, -0.2) is 4.98 Å². The maximum absolute atomic E-state index is 12.5. The molecule has 0 radical (unpaired) electrons. The van der Waals surface area contributed by atoms with E-state index in [1.54, 1.807) is 37.1 Å². The smallest absolute Gasteiger partial charge is 0.246 e. The number of nitrogens with zero attached hydrogens (tertiary/aromatic N) is 4. The minimum absolute atomic E-state index is 0.00913. The van der Waals surface area contributed by atoms with E-state index in [0.717, 1.165) is 29.7 Å². The lowest BCUT2D eigenvalue weighted by molar-refractivity contribution is -0.127. The Balaban J connectivity index is 1.22. The molecule has 0 saturated carbocycles. The second kappa shape index (κ2) is 10.3. The molecule has 0 bridgehead atoms. The first kappa shape index (κ1) is 20.5. The van der Waals surface area contributed by atoms with Gasteiger partial charge in [0.1, 0.15) is 18.5 Å². The third-order valence-corrected chi connectivity index (χ3v) is 5.01. The van der Waals surface area contributed by atoms with Crippen LogP contribution in [0.1, 0.15) is 24.0 Å². The summed E-state index contributed by atoms with van der Waals surface area (Å²) in [5.74, 6) is 1.31. The Hall–Kier alpha value is -3.74. The average Bonchev–Trinajstić information content (AvgIpc) is 2.84. The largest absolute Gasteiger partial charge is 0.489 e. The minimum atomic E-state index is 0.00913. The first-order valence-electron chi connectivity index (χ1n) is 10.3. The van der Waals surface area contributed by atoms with E-state index in [9.17, 15) is 4.79 Å². The summed E-state index contributed by atoms with van der Waals surface area (Å²) >= 11 is 0. The van der Waals surface area contributed by atoms with Crippen LogP contribution in [0.4, 0.5) is 0 Å². The number of aromatic nitrogens is 3. The fourth-order valence-corrected chi connectivity index (χ4v) is 3.31. The highest BCUT2D eigenvalue weighted by Crippen LogP contribution is 2.18. The van der Waals surface area contributed by atoms with Crippen molar-refractivity contribution in [3.8, 4) is 11.6 Å². The van der Waals surface area contributed by atoms with Gasteiger partial charge in [0.2, 0.25) is 11.8 Å². The van der Waals surface area contributed by atoms with E-state index >= 15 is 0 Å². The highest BCUT2D eigenvalue weighted by molar-refractivity contribution is 5.91. The molecule has 1 fully saturated rings. The summed E-state index contributed by atoms with van der Waals surface area (Å²) in [6.07, 6.45) is 13.4. The molecule has 1 aromatic carbocycles. The van der Waals surface area contributed by atoms with E-state index in [0.29, 0.717) is 25.6 Å². The molecule has 3 heterocycles. The zero-order valence-electron chi connectivity index (χ0n) is 17.1. The summed E-state index contributed by atoms with van der Waals surface area (Å²) in [6, 6.07) is 11.5. The minimum Gasteiger partial charge on any atom is -0.489 e. The van der Waals surface area contributed by atoms with Crippen molar-refractivity contribution in [2.24, 2.45) is 0 Å². The molecule has 0 unspecified atom stereocenters. The molecule has 0 aliphatic carbocycles. The van der Waals surface area contributed by atoms with E-state index < -0.39 is 0 Å². The van der Waals surface area contributed by atoms with Crippen LogP contribution in [0.25, 0.3) is 6.08 Å². The van der Waals surface area contributed by atoms with Gasteiger partial charge in [-0.05, 0) is 29.8 Å². The lowest BCUT2D eigenvalue weighted by Crippen LogP contribution is -2.41. The topological polar surface area (TPSA) is 77.4 Å². The lowest BCUT2D eigenvalue weighted by Gasteiger charge is -2.31. The Bertz CT molecular complexity index is 986. The summed E-state index contributed by atoms with van der Waals surface area (Å²) < 4.78 is 11.6. The predicted molar refractivity (Wildman–Crippen MR) is 116 cm³/mol. The molecular weight excluding hydrogens is 392 g/mol. The van der Waals surface area contributed by atoms with Crippen LogP contribution in [0.15, 0.2) is 73.5 Å². The van der Waals surface area contributed by atoms with Crippen LogP contribution in [-0.4, -0.2) is 45.0 Å². The van der Waals surface area contributed by atoms with Crippen LogP contribution in [0, 0.1) is 0 Å². The number of benzene rings is 1. The van der Waals surface area contributed by atoms with Gasteiger partial charge in [0.25, 0.3) is 0 Å². The molecule has 1 aliphatic rings. The molecule has 1 saturated heterocycles. The standard InChI is InChI=1S/C24H24N4O3/c29-24(28-14-9-22(10-15-28)31-23-17-26-12-13-27-23)8-5-19-3-6-21(7-4-19)30-18-20-2-1-11-25-16-20/h1-8,11-13,16-17,22H,9-10,14-15,18H2/b8-5+. The summed E-state index contributed by atoms with van der Waals surface area (Å²) in [5.41, 5.74) is 1.96. The maximum atomic E-state index is 12.5. The Morgan fingerprint density at radius 3 is 2.55 bits per heavy atom. The second-order valence-electron chi connectivity index (χ2n) is 7.24. The fourth-order valence-electron chi connectivity index (χ4n) is 3.31. The Morgan fingerprint density at radius 1 is 1.03 bits per heavy atom. The monoisotopic (exact) mass is 416 g/mol. The molecule has 158 valence electrons. The summed E-state index contributed by atoms with van der Waals surface area (Å²) in [6.45, 7) is 1.79. The number of hydrogen-bond acceptors (Lipinski definition) is 6. The highest BCUT2D eigenvalue weighted by atomic mass is 16.5. The summed E-state index contributed by atoms with van der Waals surface area (Å²) in [7, 11) is 0. The number of amides is 1. The summed E-state index contributed by atoms with van der Waals surface area (Å²) in [4.78, 5) is 26.6. The van der Waals surface area contributed by atoms with Crippen LogP contribution < -0.4 is 9.47 Å². The predicted octanol–water partition coefficient (Wildman–Crippen LogP) is 3.53. The first-order chi connectivity index (χ1) is 15.3. The Labute approximate surface area is 181 Å². The van der Waals surface area contributed by atoms with Crippen molar-refractivity contribution in [1.29, 1.82) is 0 Å². The van der Waals surface area contributed by atoms with Crippen molar-refractivity contribution in [3.63, 3.8) is 0 Å². The normalized spacial score (nSPS) is 14.5. The van der Waals surface area contributed by atoms with Crippen molar-refractivity contribution < 1.29 is 14.3 Å². The number of likely N-dealkylation sites (tertiary alicyclic amines) is 1. The Kier molecular flexibility index (Phi) is 6.85. The average molecular weight is 416 g/mol. The van der Waals surface area contributed by atoms with E-state index in [-0.39, 0.29) is 12.0 Å². The zero-order chi connectivity index (χ0) is 21.3. The number of rotatable bonds is 7. The van der Waals surface area contributed by atoms with Gasteiger partial charge in [-0.1, -0.05) is 18.2 Å². The number of carbonyl (C=O) groups is 1. The third-order valence-electron chi connectivity index (χ3n) is 5.01. The molecule has 3 aromatic rings. The van der Waals surface area contributed by atoms with Gasteiger partial charge in [-0.3, -0.25) is 14.8 Å². The van der Waals surface area contributed by atoms with Crippen LogP contribution in [0.3, 0.4) is 0 Å². The molecule has 7 nitrogen and oxygen atoms in total. The lowest BCUT2D eigenvalue weighted by atomic mass is 10.1. The van der Waals surface area contributed by atoms with Crippen molar-refractivity contribution in [3.05, 3.63) is 84.6 Å². The molecule has 0 N–H and O–H groups in total. The van der Waals surface area contributed by atoms with Crippen molar-refractivity contribution >= 4 is 12.0 Å². The van der Waals surface area contributed by atoms with Crippen LogP contribution >= 0.6 is 0 Å². The van der Waals surface area contributed by atoms with E-state index in [1.165, 1.54) is 0 Å². The maximum Gasteiger partial charge on any atom is 0.246 e. The van der Waals surface area contributed by atoms with Crippen LogP contribution in [0.5, 0.6) is 11.6 Å². The van der Waals surface area contributed by atoms with Crippen molar-refractivity contribution in [2.45, 2.75) is 25.6 Å². The quantitative estimate of drug-likeness (QED) is 0.549. The van der Waals surface area contributed by atoms with Gasteiger partial charge in [-0.2, -0.15) is 0 Å². The van der Waals surface area contributed by atoms with Crippen LogP contribution in [0.2, 0.25) is 0 Å². The van der Waals surface area contributed by atoms with Gasteiger partial charge in [-0.15, -0.1) is 0 Å². The second-order valence-corrected chi connectivity index (χ2v) is 7.24. The van der Waals surface area contributed by atoms with Crippen molar-refractivity contribution in [2.75, 3.05) is 13.1 Å². The molecular formula is C24H24N4O3. The fraction of sp³-hybridized carbons (Fsp3) is 0.250. The molecule has 4 rings (SSSR count). The number of carbonyl (C=O) groups excluding carboxylic acids is 1. The molecule has 0 spiro atoms. The SMILES string of the molecule is O=C(/C=C/c1ccc(OCc2cccnc2)cc1)N1CCC(Oc2cnccn2)CC1. The molecule has 7 heteroatoms. The molecule has 1 amide bonds. The van der Waals surface area contributed by atoms with E-state index in [4.69, 9.17) is 9.47 Å². The first-order valence-corrected chi connectivity index (χ1v) is 10.3. The molecule has 1 aliphatic heterocycles. The van der Waals surface area contributed by atoms with Gasteiger partial charge in [0, 0.05) is 62.4 Å². The van der Waals surface area contributed by atoms with E-state index in [2.05, 4.69) is 15.0 Å². The van der Waals surface area contributed by atoms with Gasteiger partial charge in [0.15, 0.2) is 0 Å². The van der Waals surface area contributed by atoms with Crippen LogP contribution in [-0.2, 0) is 11.4 Å². The van der Waals surface area contributed by atoms with Gasteiger partial charge < -0.3 is 14.4 Å². The molecule has 2 aromatic heterocycles. The summed E-state index contributed by atoms with van der Waals surface area (Å²) in [5, 5.41) is 0. The van der Waals surface area contributed by atoms with Gasteiger partial charge >= 0.3 is 0 Å². The molecule has 0 atom stereocenters. The zero-order valence-corrected chi connectivity index (χ0v) is 17.1. The third kappa shape index (κ3) is 6.12. The van der Waals surface area contributed by atoms with E-state index in [1.807, 2.05) is 47.4 Å². The van der Waals surface area contributed by atoms with Crippen molar-refractivity contribution in [1.82, 2.24) is 19.9 Å². The highest BCUT2D eigenvalue weighted by Gasteiger charge is 2.23. The Morgan fingerprint density at radius 2 is 1.84 bits per heavy atom. The van der Waals surface area contributed by atoms with Gasteiger partial charge in [0.05, 0.1) is 6.20 Å².